The van der Waals surface area contributed by atoms with Gasteiger partial charge in [-0.15, -0.1) is 0 Å². The molecular weight excluding hydrogens is 345 g/mol. The zero-order valence-electron chi connectivity index (χ0n) is 13.9. The summed E-state index contributed by atoms with van der Waals surface area (Å²) in [5.74, 6) is 0. The minimum Gasteiger partial charge on any atom is -0.443 e. The molecule has 25 heavy (non-hydrogen) atoms. The average molecular weight is 362 g/mol. The number of rotatable bonds is 1. The van der Waals surface area contributed by atoms with E-state index in [9.17, 15) is 27.6 Å². The Kier molecular flexibility index (Phi) is 4.58. The van der Waals surface area contributed by atoms with Crippen molar-refractivity contribution in [2.45, 2.75) is 51.6 Å². The first-order valence-electron chi connectivity index (χ1n) is 7.34. The number of H-pyrrole nitrogens is 1. The molecule has 1 aromatic rings. The Balaban J connectivity index is 2.34. The molecule has 1 fully saturated rings. The maximum Gasteiger partial charge on any atom is 0.420 e. The zero-order valence-corrected chi connectivity index (χ0v) is 13.9. The summed E-state index contributed by atoms with van der Waals surface area (Å²) in [6.07, 6.45) is -8.04. The summed E-state index contributed by atoms with van der Waals surface area (Å²) in [5, 5.41) is 0. The van der Waals surface area contributed by atoms with Gasteiger partial charge in [-0.3, -0.25) is 4.79 Å². The van der Waals surface area contributed by atoms with Crippen LogP contribution in [-0.2, 0) is 15.7 Å². The maximum atomic E-state index is 12.9. The highest BCUT2D eigenvalue weighted by molar-refractivity contribution is 5.90. The van der Waals surface area contributed by atoms with Gasteiger partial charge in [0.1, 0.15) is 5.60 Å². The SMILES string of the molecule is C[C@H]1[C@@H](c2cc(C(F)(F)F)cc(=O)[nH]2)OC(=O)N1C(=O)OC(C)(C)C. The average Bonchev–Trinajstić information content (AvgIpc) is 2.70. The summed E-state index contributed by atoms with van der Waals surface area (Å²) in [5.41, 5.74) is -3.31. The van der Waals surface area contributed by atoms with Gasteiger partial charge in [-0.2, -0.15) is 13.2 Å². The van der Waals surface area contributed by atoms with Crippen LogP contribution in [0.25, 0.3) is 0 Å². The van der Waals surface area contributed by atoms with E-state index in [2.05, 4.69) is 4.98 Å². The third-order valence-corrected chi connectivity index (χ3v) is 3.36. The lowest BCUT2D eigenvalue weighted by Crippen LogP contribution is -2.41. The van der Waals surface area contributed by atoms with E-state index >= 15 is 0 Å². The topological polar surface area (TPSA) is 88.7 Å². The molecule has 0 radical (unpaired) electrons. The number of pyridine rings is 1. The van der Waals surface area contributed by atoms with Gasteiger partial charge in [-0.1, -0.05) is 0 Å². The third kappa shape index (κ3) is 4.12. The van der Waals surface area contributed by atoms with Crippen LogP contribution in [0.15, 0.2) is 16.9 Å². The Morgan fingerprint density at radius 2 is 1.84 bits per heavy atom. The summed E-state index contributed by atoms with van der Waals surface area (Å²) in [4.78, 5) is 38.4. The van der Waals surface area contributed by atoms with Gasteiger partial charge in [0.05, 0.1) is 17.3 Å². The number of imide groups is 1. The van der Waals surface area contributed by atoms with E-state index in [1.165, 1.54) is 6.92 Å². The smallest absolute Gasteiger partial charge is 0.420 e. The van der Waals surface area contributed by atoms with Crippen LogP contribution in [0.5, 0.6) is 0 Å². The van der Waals surface area contributed by atoms with Crippen LogP contribution < -0.4 is 5.56 Å². The van der Waals surface area contributed by atoms with Crippen LogP contribution in [0.2, 0.25) is 0 Å². The lowest BCUT2D eigenvalue weighted by molar-refractivity contribution is -0.137. The first kappa shape index (κ1) is 18.8. The molecule has 7 nitrogen and oxygen atoms in total. The molecule has 2 heterocycles. The lowest BCUT2D eigenvalue weighted by Gasteiger charge is -2.24. The van der Waals surface area contributed by atoms with Gasteiger partial charge in [0.2, 0.25) is 5.56 Å². The van der Waals surface area contributed by atoms with E-state index in [4.69, 9.17) is 9.47 Å². The number of hydrogen-bond donors (Lipinski definition) is 1. The predicted molar refractivity (Wildman–Crippen MR) is 78.8 cm³/mol. The summed E-state index contributed by atoms with van der Waals surface area (Å²) in [7, 11) is 0. The van der Waals surface area contributed by atoms with Crippen LogP contribution in [0.3, 0.4) is 0 Å². The number of aromatic amines is 1. The van der Waals surface area contributed by atoms with Gasteiger partial charge < -0.3 is 14.5 Å². The van der Waals surface area contributed by atoms with Crippen molar-refractivity contribution in [3.63, 3.8) is 0 Å². The van der Waals surface area contributed by atoms with Gasteiger partial charge in [-0.05, 0) is 33.8 Å². The zero-order chi connectivity index (χ0) is 19.2. The maximum absolute atomic E-state index is 12.9. The van der Waals surface area contributed by atoms with E-state index in [1.807, 2.05) is 0 Å². The first-order valence-corrected chi connectivity index (χ1v) is 7.34. The lowest BCUT2D eigenvalue weighted by atomic mass is 10.1. The van der Waals surface area contributed by atoms with E-state index < -0.39 is 47.2 Å². The van der Waals surface area contributed by atoms with Crippen molar-refractivity contribution in [1.82, 2.24) is 9.88 Å². The molecule has 0 unspecified atom stereocenters. The quantitative estimate of drug-likeness (QED) is 0.829. The number of alkyl halides is 3. The Bertz CT molecular complexity index is 751. The highest BCUT2D eigenvalue weighted by Crippen LogP contribution is 2.35. The van der Waals surface area contributed by atoms with Crippen molar-refractivity contribution in [3.8, 4) is 0 Å². The van der Waals surface area contributed by atoms with E-state index in [-0.39, 0.29) is 5.69 Å². The molecule has 1 aromatic heterocycles. The minimum absolute atomic E-state index is 0.258. The molecule has 1 aliphatic heterocycles. The van der Waals surface area contributed by atoms with Gasteiger partial charge in [0.25, 0.3) is 0 Å². The monoisotopic (exact) mass is 362 g/mol. The normalized spacial score (nSPS) is 21.2. The van der Waals surface area contributed by atoms with Gasteiger partial charge in [-0.25, -0.2) is 14.5 Å². The summed E-state index contributed by atoms with van der Waals surface area (Å²) < 4.78 is 48.6. The molecule has 1 saturated heterocycles. The molecule has 2 rings (SSSR count). The van der Waals surface area contributed by atoms with Crippen LogP contribution in [0.4, 0.5) is 22.8 Å². The van der Waals surface area contributed by atoms with E-state index in [0.717, 1.165) is 0 Å². The summed E-state index contributed by atoms with van der Waals surface area (Å²) in [6, 6.07) is 0.104. The van der Waals surface area contributed by atoms with Crippen molar-refractivity contribution in [1.29, 1.82) is 0 Å². The number of hydrogen-bond acceptors (Lipinski definition) is 5. The molecule has 1 N–H and O–H groups in total. The van der Waals surface area contributed by atoms with Gasteiger partial charge in [0, 0.05) is 6.07 Å². The second kappa shape index (κ2) is 6.08. The Labute approximate surface area is 140 Å². The molecule has 0 aromatic carbocycles. The largest absolute Gasteiger partial charge is 0.443 e. The highest BCUT2D eigenvalue weighted by Gasteiger charge is 2.46. The molecule has 0 spiro atoms. The molecule has 0 aliphatic carbocycles. The molecular formula is C15H17F3N2O5. The number of halogens is 3. The molecule has 2 atom stereocenters. The van der Waals surface area contributed by atoms with E-state index in [0.29, 0.717) is 17.0 Å². The molecule has 0 saturated carbocycles. The van der Waals surface area contributed by atoms with Crippen molar-refractivity contribution < 1.29 is 32.2 Å². The fourth-order valence-corrected chi connectivity index (χ4v) is 2.32. The standard InChI is InChI=1S/C15H17F3N2O5/c1-7-11(9-5-8(15(16,17)18)6-10(21)19-9)24-12(22)20(7)13(23)25-14(2,3)4/h5-7,11H,1-4H3,(H,19,21)/t7-,11-/m0/s1. The van der Waals surface area contributed by atoms with Gasteiger partial charge in [0.15, 0.2) is 6.10 Å². The van der Waals surface area contributed by atoms with Crippen molar-refractivity contribution in [2.24, 2.45) is 0 Å². The van der Waals surface area contributed by atoms with Crippen molar-refractivity contribution in [3.05, 3.63) is 33.7 Å². The molecule has 138 valence electrons. The number of nitrogens with zero attached hydrogens (tertiary/aromatic N) is 1. The van der Waals surface area contributed by atoms with Crippen LogP contribution in [-0.4, -0.2) is 33.7 Å². The number of carbonyl (C=O) groups is 2. The summed E-state index contributed by atoms with van der Waals surface area (Å²) >= 11 is 0. The fourth-order valence-electron chi connectivity index (χ4n) is 2.32. The van der Waals surface area contributed by atoms with Crippen LogP contribution >= 0.6 is 0 Å². The number of ether oxygens (including phenoxy) is 2. The Morgan fingerprint density at radius 3 is 2.36 bits per heavy atom. The highest BCUT2D eigenvalue weighted by atomic mass is 19.4. The number of aromatic nitrogens is 1. The van der Waals surface area contributed by atoms with Crippen molar-refractivity contribution in [2.75, 3.05) is 0 Å². The third-order valence-electron chi connectivity index (χ3n) is 3.36. The van der Waals surface area contributed by atoms with Crippen LogP contribution in [0.1, 0.15) is 45.1 Å². The predicted octanol–water partition coefficient (Wildman–Crippen LogP) is 3.21. The number of nitrogens with one attached hydrogen (secondary N) is 1. The van der Waals surface area contributed by atoms with E-state index in [1.54, 1.807) is 20.8 Å². The first-order chi connectivity index (χ1) is 11.3. The summed E-state index contributed by atoms with van der Waals surface area (Å²) in [6.45, 7) is 6.19. The Hall–Kier alpha value is -2.52. The number of cyclic esters (lactones) is 1. The second-order valence-electron chi connectivity index (χ2n) is 6.58. The van der Waals surface area contributed by atoms with Crippen molar-refractivity contribution >= 4 is 12.2 Å². The molecule has 2 amide bonds. The second-order valence-corrected chi connectivity index (χ2v) is 6.58. The number of carbonyl (C=O) groups excluding carboxylic acids is 2. The van der Waals surface area contributed by atoms with Gasteiger partial charge >= 0.3 is 18.4 Å². The fraction of sp³-hybridized carbons (Fsp3) is 0.533. The minimum atomic E-state index is -4.74. The number of amides is 2. The Morgan fingerprint density at radius 1 is 1.24 bits per heavy atom. The molecule has 0 bridgehead atoms. The molecule has 1 aliphatic rings. The molecule has 10 heteroatoms. The van der Waals surface area contributed by atoms with Crippen LogP contribution in [0, 0.1) is 0 Å².